The van der Waals surface area contributed by atoms with Crippen molar-refractivity contribution in [3.8, 4) is 55.6 Å². The highest BCUT2D eigenvalue weighted by Gasteiger charge is 2.19. The van der Waals surface area contributed by atoms with Crippen LogP contribution in [0.5, 0.6) is 0 Å². The Hall–Kier alpha value is -7.28. The maximum absolute atomic E-state index is 2.42. The molecule has 0 radical (unpaired) electrons. The van der Waals surface area contributed by atoms with Gasteiger partial charge in [0.15, 0.2) is 0 Å². The lowest BCUT2D eigenvalue weighted by Gasteiger charge is -2.19. The van der Waals surface area contributed by atoms with Crippen molar-refractivity contribution in [2.45, 2.75) is 0 Å². The van der Waals surface area contributed by atoms with E-state index in [9.17, 15) is 0 Å². The lowest BCUT2D eigenvalue weighted by molar-refractivity contribution is 1.56. The van der Waals surface area contributed by atoms with Crippen LogP contribution < -0.4 is 0 Å². The summed E-state index contributed by atoms with van der Waals surface area (Å²) in [7, 11) is 0. The first-order valence-electron chi connectivity index (χ1n) is 19.5. The van der Waals surface area contributed by atoms with E-state index in [1.165, 1.54) is 120 Å². The molecule has 56 heavy (non-hydrogen) atoms. The van der Waals surface area contributed by atoms with Crippen molar-refractivity contribution in [1.82, 2.24) is 0 Å². The van der Waals surface area contributed by atoms with E-state index in [1.807, 2.05) is 0 Å². The van der Waals surface area contributed by atoms with Gasteiger partial charge >= 0.3 is 0 Å². The molecule has 0 spiro atoms. The summed E-state index contributed by atoms with van der Waals surface area (Å²) >= 11 is 0. The van der Waals surface area contributed by atoms with Crippen LogP contribution >= 0.6 is 0 Å². The molecule has 0 aliphatic rings. The maximum atomic E-state index is 2.42. The summed E-state index contributed by atoms with van der Waals surface area (Å²) in [4.78, 5) is 0. The summed E-state index contributed by atoms with van der Waals surface area (Å²) in [5.74, 6) is 0. The van der Waals surface area contributed by atoms with Gasteiger partial charge in [-0.3, -0.25) is 0 Å². The summed E-state index contributed by atoms with van der Waals surface area (Å²) in [6.07, 6.45) is 0. The molecule has 0 unspecified atom stereocenters. The molecule has 0 aliphatic heterocycles. The topological polar surface area (TPSA) is 0 Å². The molecule has 0 N–H and O–H groups in total. The Labute approximate surface area is 325 Å². The molecule has 12 aromatic carbocycles. The van der Waals surface area contributed by atoms with Gasteiger partial charge in [-0.25, -0.2) is 0 Å². The van der Waals surface area contributed by atoms with Crippen LogP contribution in [0.4, 0.5) is 0 Å². The first-order valence-corrected chi connectivity index (χ1v) is 19.5. The standard InChI is InChI=1S/C56H34/c1-3-9-35(10-4-1)51-33-43(45-27-21-41-19-17-37-13-7-15-39-23-31-49(45)55(41)53(37)39)25-28-46(51)44-26-30-48(52(34-44)36-11-5-2-6-12-36)47-29-22-42-20-18-38-14-8-16-40-24-32-50(47)56(42)54(38)40/h1-34H. The quantitative estimate of drug-likeness (QED) is 0.156. The highest BCUT2D eigenvalue weighted by Crippen LogP contribution is 2.46. The summed E-state index contributed by atoms with van der Waals surface area (Å²) in [6.45, 7) is 0. The molecule has 0 heterocycles. The van der Waals surface area contributed by atoms with Crippen LogP contribution in [-0.4, -0.2) is 0 Å². The zero-order valence-corrected chi connectivity index (χ0v) is 30.6. The molecule has 0 bridgehead atoms. The van der Waals surface area contributed by atoms with Gasteiger partial charge in [0.2, 0.25) is 0 Å². The lowest BCUT2D eigenvalue weighted by Crippen LogP contribution is -1.93. The third kappa shape index (κ3) is 4.66. The van der Waals surface area contributed by atoms with E-state index in [0.29, 0.717) is 0 Å². The molecule has 0 heteroatoms. The van der Waals surface area contributed by atoms with Crippen LogP contribution in [0, 0.1) is 0 Å². The Morgan fingerprint density at radius 1 is 0.179 bits per heavy atom. The molecular formula is C56H34. The maximum Gasteiger partial charge on any atom is -0.00206 e. The molecule has 12 aromatic rings. The second-order valence-electron chi connectivity index (χ2n) is 15.2. The van der Waals surface area contributed by atoms with E-state index in [0.717, 1.165) is 0 Å². The van der Waals surface area contributed by atoms with E-state index in [1.54, 1.807) is 0 Å². The normalized spacial score (nSPS) is 11.9. The highest BCUT2D eigenvalue weighted by atomic mass is 14.2. The summed E-state index contributed by atoms with van der Waals surface area (Å²) in [5.41, 5.74) is 12.3. The van der Waals surface area contributed by atoms with Gasteiger partial charge in [-0.05, 0) is 132 Å². The van der Waals surface area contributed by atoms with Crippen molar-refractivity contribution in [3.05, 3.63) is 206 Å². The monoisotopic (exact) mass is 706 g/mol. The summed E-state index contributed by atoms with van der Waals surface area (Å²) < 4.78 is 0. The average molecular weight is 707 g/mol. The molecule has 0 atom stereocenters. The zero-order chi connectivity index (χ0) is 36.7. The van der Waals surface area contributed by atoms with Gasteiger partial charge in [0.05, 0.1) is 0 Å². The molecule has 0 saturated carbocycles. The molecule has 0 fully saturated rings. The minimum absolute atomic E-state index is 1.20. The van der Waals surface area contributed by atoms with Crippen molar-refractivity contribution in [1.29, 1.82) is 0 Å². The number of benzene rings is 12. The van der Waals surface area contributed by atoms with Gasteiger partial charge in [0.25, 0.3) is 0 Å². The van der Waals surface area contributed by atoms with Crippen LogP contribution in [0.25, 0.3) is 120 Å². The van der Waals surface area contributed by atoms with E-state index in [2.05, 4.69) is 206 Å². The van der Waals surface area contributed by atoms with Crippen molar-refractivity contribution in [2.75, 3.05) is 0 Å². The van der Waals surface area contributed by atoms with Gasteiger partial charge in [-0.2, -0.15) is 0 Å². The van der Waals surface area contributed by atoms with Crippen molar-refractivity contribution >= 4 is 64.6 Å². The molecule has 0 aromatic heterocycles. The average Bonchev–Trinajstić information content (AvgIpc) is 3.27. The van der Waals surface area contributed by atoms with E-state index in [-0.39, 0.29) is 0 Å². The van der Waals surface area contributed by atoms with Gasteiger partial charge in [-0.15, -0.1) is 0 Å². The van der Waals surface area contributed by atoms with Gasteiger partial charge in [0, 0.05) is 0 Å². The second kappa shape index (κ2) is 12.1. The largest absolute Gasteiger partial charge is 0.0622 e. The fourth-order valence-electron chi connectivity index (χ4n) is 9.58. The van der Waals surface area contributed by atoms with Crippen molar-refractivity contribution in [2.24, 2.45) is 0 Å². The Balaban J connectivity index is 1.07. The van der Waals surface area contributed by atoms with Gasteiger partial charge in [0.1, 0.15) is 0 Å². The second-order valence-corrected chi connectivity index (χ2v) is 15.2. The van der Waals surface area contributed by atoms with Crippen molar-refractivity contribution in [3.63, 3.8) is 0 Å². The molecule has 12 rings (SSSR count). The Bertz CT molecular complexity index is 3410. The number of hydrogen-bond donors (Lipinski definition) is 0. The van der Waals surface area contributed by atoms with E-state index < -0.39 is 0 Å². The van der Waals surface area contributed by atoms with Crippen LogP contribution in [0.2, 0.25) is 0 Å². The minimum atomic E-state index is 1.20. The lowest BCUT2D eigenvalue weighted by atomic mass is 9.84. The predicted octanol–water partition coefficient (Wildman–Crippen LogP) is 15.8. The van der Waals surface area contributed by atoms with Crippen LogP contribution in [0.3, 0.4) is 0 Å². The third-order valence-electron chi connectivity index (χ3n) is 12.2. The summed E-state index contributed by atoms with van der Waals surface area (Å²) in [6, 6.07) is 76.7. The van der Waals surface area contributed by atoms with Crippen LogP contribution in [0.15, 0.2) is 206 Å². The first-order chi connectivity index (χ1) is 27.8. The fraction of sp³-hybridized carbons (Fsp3) is 0. The Morgan fingerprint density at radius 2 is 0.554 bits per heavy atom. The van der Waals surface area contributed by atoms with Crippen LogP contribution in [-0.2, 0) is 0 Å². The third-order valence-corrected chi connectivity index (χ3v) is 12.2. The Kier molecular flexibility index (Phi) is 6.73. The molecule has 0 amide bonds. The molecular weight excluding hydrogens is 673 g/mol. The van der Waals surface area contributed by atoms with E-state index in [4.69, 9.17) is 0 Å². The van der Waals surface area contributed by atoms with Gasteiger partial charge < -0.3 is 0 Å². The Morgan fingerprint density at radius 3 is 1.09 bits per heavy atom. The molecule has 258 valence electrons. The first kappa shape index (κ1) is 31.1. The fourth-order valence-corrected chi connectivity index (χ4v) is 9.58. The number of rotatable bonds is 5. The van der Waals surface area contributed by atoms with Crippen molar-refractivity contribution < 1.29 is 0 Å². The SMILES string of the molecule is c1ccc(-c2cc(-c3ccc4ccc5cccc6ccc3c4c56)ccc2-c2ccc(-c3ccc4ccc5cccc6ccc3c4c56)c(-c3ccccc3)c2)cc1. The zero-order valence-electron chi connectivity index (χ0n) is 30.6. The van der Waals surface area contributed by atoms with Crippen LogP contribution in [0.1, 0.15) is 0 Å². The summed E-state index contributed by atoms with van der Waals surface area (Å²) in [5, 5.41) is 15.7. The molecule has 0 aliphatic carbocycles. The smallest absolute Gasteiger partial charge is 0.00206 e. The minimum Gasteiger partial charge on any atom is -0.0622 e. The van der Waals surface area contributed by atoms with Gasteiger partial charge in [-0.1, -0.05) is 194 Å². The van der Waals surface area contributed by atoms with E-state index >= 15 is 0 Å². The molecule has 0 saturated heterocycles. The highest BCUT2D eigenvalue weighted by molar-refractivity contribution is 6.27. The predicted molar refractivity (Wildman–Crippen MR) is 241 cm³/mol. The number of hydrogen-bond acceptors (Lipinski definition) is 0. The molecule has 0 nitrogen and oxygen atoms in total.